The number of rotatable bonds is 6. The summed E-state index contributed by atoms with van der Waals surface area (Å²) in [7, 11) is 0. The molecule has 2 saturated heterocycles. The molecule has 2 atom stereocenters. The summed E-state index contributed by atoms with van der Waals surface area (Å²) in [5.41, 5.74) is 1.31. The number of aryl methyl sites for hydroxylation is 1. The number of amides is 3. The lowest BCUT2D eigenvalue weighted by Gasteiger charge is -2.29. The SMILES string of the molecule is Cc1ccc(N2C(=O)CC(N(CC3CCCO3)C(=O)c3cccc([N+](=O)[O-])c3)C2=O)cc1. The van der Waals surface area contributed by atoms with E-state index in [0.29, 0.717) is 12.3 Å². The van der Waals surface area contributed by atoms with E-state index < -0.39 is 28.7 Å². The predicted molar refractivity (Wildman–Crippen MR) is 115 cm³/mol. The van der Waals surface area contributed by atoms with Crippen molar-refractivity contribution in [3.63, 3.8) is 0 Å². The third-order valence-corrected chi connectivity index (χ3v) is 5.78. The van der Waals surface area contributed by atoms with Gasteiger partial charge in [-0.2, -0.15) is 0 Å². The zero-order chi connectivity index (χ0) is 22.8. The second-order valence-corrected chi connectivity index (χ2v) is 8.02. The predicted octanol–water partition coefficient (Wildman–Crippen LogP) is 2.86. The normalized spacial score (nSPS) is 20.6. The molecular weight excluding hydrogens is 414 g/mol. The standard InChI is InChI=1S/C23H23N3O6/c1-15-7-9-17(10-8-15)25-21(27)13-20(23(25)29)24(14-19-6-3-11-32-19)22(28)16-4-2-5-18(12-16)26(30)31/h2,4-5,7-10,12,19-20H,3,6,11,13-14H2,1H3. The van der Waals surface area contributed by atoms with Gasteiger partial charge in [-0.05, 0) is 38.0 Å². The van der Waals surface area contributed by atoms with Gasteiger partial charge >= 0.3 is 0 Å². The molecule has 2 heterocycles. The molecule has 9 heteroatoms. The van der Waals surface area contributed by atoms with E-state index in [-0.39, 0.29) is 30.3 Å². The minimum absolute atomic E-state index is 0.0891. The van der Waals surface area contributed by atoms with Crippen molar-refractivity contribution in [2.24, 2.45) is 0 Å². The van der Waals surface area contributed by atoms with Crippen molar-refractivity contribution in [3.8, 4) is 0 Å². The molecule has 2 aromatic carbocycles. The van der Waals surface area contributed by atoms with Crippen LogP contribution < -0.4 is 4.90 Å². The number of ether oxygens (including phenoxy) is 1. The maximum atomic E-state index is 13.4. The Morgan fingerprint density at radius 3 is 2.62 bits per heavy atom. The van der Waals surface area contributed by atoms with Gasteiger partial charge in [0.05, 0.1) is 23.1 Å². The number of hydrogen-bond donors (Lipinski definition) is 0. The number of benzene rings is 2. The summed E-state index contributed by atoms with van der Waals surface area (Å²) in [6.45, 7) is 2.60. The number of nitro groups is 1. The molecule has 0 aliphatic carbocycles. The van der Waals surface area contributed by atoms with Gasteiger partial charge in [0.15, 0.2) is 0 Å². The highest BCUT2D eigenvalue weighted by molar-refractivity contribution is 6.23. The minimum atomic E-state index is -1.00. The van der Waals surface area contributed by atoms with Gasteiger partial charge in [-0.3, -0.25) is 24.5 Å². The fourth-order valence-corrected chi connectivity index (χ4v) is 4.10. The average Bonchev–Trinajstić information content (AvgIpc) is 3.40. The Balaban J connectivity index is 1.65. The van der Waals surface area contributed by atoms with E-state index in [0.717, 1.165) is 23.3 Å². The lowest BCUT2D eigenvalue weighted by molar-refractivity contribution is -0.384. The number of non-ortho nitro benzene ring substituents is 1. The quantitative estimate of drug-likeness (QED) is 0.390. The number of imide groups is 1. The summed E-state index contributed by atoms with van der Waals surface area (Å²) < 4.78 is 5.67. The van der Waals surface area contributed by atoms with Crippen molar-refractivity contribution in [2.45, 2.75) is 38.3 Å². The molecule has 4 rings (SSSR count). The molecule has 0 spiro atoms. The molecule has 2 aromatic rings. The summed E-state index contributed by atoms with van der Waals surface area (Å²) in [4.78, 5) is 52.5. The number of carbonyl (C=O) groups excluding carboxylic acids is 3. The van der Waals surface area contributed by atoms with Gasteiger partial charge < -0.3 is 9.64 Å². The van der Waals surface area contributed by atoms with Gasteiger partial charge in [0.2, 0.25) is 5.91 Å². The Morgan fingerprint density at radius 2 is 1.97 bits per heavy atom. The van der Waals surface area contributed by atoms with E-state index in [4.69, 9.17) is 4.74 Å². The number of hydrogen-bond acceptors (Lipinski definition) is 6. The van der Waals surface area contributed by atoms with Gasteiger partial charge in [0.25, 0.3) is 17.5 Å². The number of anilines is 1. The van der Waals surface area contributed by atoms with Gasteiger partial charge in [0.1, 0.15) is 6.04 Å². The highest BCUT2D eigenvalue weighted by Crippen LogP contribution is 2.28. The smallest absolute Gasteiger partial charge is 0.270 e. The molecule has 166 valence electrons. The van der Waals surface area contributed by atoms with Crippen LogP contribution >= 0.6 is 0 Å². The first kappa shape index (κ1) is 21.6. The van der Waals surface area contributed by atoms with Crippen molar-refractivity contribution in [2.75, 3.05) is 18.1 Å². The van der Waals surface area contributed by atoms with Crippen molar-refractivity contribution >= 4 is 29.1 Å². The van der Waals surface area contributed by atoms with Crippen LogP contribution in [0.5, 0.6) is 0 Å². The largest absolute Gasteiger partial charge is 0.376 e. The Kier molecular flexibility index (Phi) is 6.00. The Hall–Kier alpha value is -3.59. The monoisotopic (exact) mass is 437 g/mol. The van der Waals surface area contributed by atoms with E-state index in [1.165, 1.54) is 29.2 Å². The minimum Gasteiger partial charge on any atom is -0.376 e. The summed E-state index contributed by atoms with van der Waals surface area (Å²) >= 11 is 0. The fraction of sp³-hybridized carbons (Fsp3) is 0.348. The first-order valence-electron chi connectivity index (χ1n) is 10.5. The lowest BCUT2D eigenvalue weighted by Crippen LogP contribution is -2.48. The average molecular weight is 437 g/mol. The van der Waals surface area contributed by atoms with E-state index in [1.807, 2.05) is 19.1 Å². The maximum Gasteiger partial charge on any atom is 0.270 e. The first-order valence-corrected chi connectivity index (χ1v) is 10.5. The van der Waals surface area contributed by atoms with Crippen LogP contribution in [0.15, 0.2) is 48.5 Å². The van der Waals surface area contributed by atoms with Crippen LogP contribution in [0.3, 0.4) is 0 Å². The first-order chi connectivity index (χ1) is 15.3. The van der Waals surface area contributed by atoms with Gasteiger partial charge in [-0.15, -0.1) is 0 Å². The van der Waals surface area contributed by atoms with Crippen LogP contribution in [0.1, 0.15) is 35.2 Å². The van der Waals surface area contributed by atoms with Crippen LogP contribution in [-0.2, 0) is 14.3 Å². The molecule has 3 amide bonds. The molecule has 0 aromatic heterocycles. The van der Waals surface area contributed by atoms with E-state index in [9.17, 15) is 24.5 Å². The molecule has 2 aliphatic heterocycles. The van der Waals surface area contributed by atoms with Crippen molar-refractivity contribution in [1.29, 1.82) is 0 Å². The second kappa shape index (κ2) is 8.88. The second-order valence-electron chi connectivity index (χ2n) is 8.02. The summed E-state index contributed by atoms with van der Waals surface area (Å²) in [5.74, 6) is -1.43. The van der Waals surface area contributed by atoms with Crippen molar-refractivity contribution < 1.29 is 24.0 Å². The van der Waals surface area contributed by atoms with E-state index >= 15 is 0 Å². The third kappa shape index (κ3) is 4.24. The number of carbonyl (C=O) groups is 3. The molecule has 0 bridgehead atoms. The Morgan fingerprint density at radius 1 is 1.22 bits per heavy atom. The van der Waals surface area contributed by atoms with Crippen LogP contribution in [0.4, 0.5) is 11.4 Å². The van der Waals surface area contributed by atoms with E-state index in [2.05, 4.69) is 0 Å². The molecule has 0 N–H and O–H groups in total. The van der Waals surface area contributed by atoms with Gasteiger partial charge in [0, 0.05) is 30.8 Å². The summed E-state index contributed by atoms with van der Waals surface area (Å²) in [6.07, 6.45) is 1.17. The van der Waals surface area contributed by atoms with Crippen LogP contribution in [-0.4, -0.2) is 52.8 Å². The van der Waals surface area contributed by atoms with Crippen LogP contribution in [0, 0.1) is 17.0 Å². The summed E-state index contributed by atoms with van der Waals surface area (Å²) in [5, 5.41) is 11.2. The van der Waals surface area contributed by atoms with E-state index in [1.54, 1.807) is 12.1 Å². The highest BCUT2D eigenvalue weighted by atomic mass is 16.6. The zero-order valence-electron chi connectivity index (χ0n) is 17.6. The molecule has 2 unspecified atom stereocenters. The molecular formula is C23H23N3O6. The Labute approximate surface area is 184 Å². The third-order valence-electron chi connectivity index (χ3n) is 5.78. The number of nitro benzene ring substituents is 1. The highest BCUT2D eigenvalue weighted by Gasteiger charge is 2.45. The molecule has 2 aliphatic rings. The lowest BCUT2D eigenvalue weighted by atomic mass is 10.1. The fourth-order valence-electron chi connectivity index (χ4n) is 4.10. The van der Waals surface area contributed by atoms with Gasteiger partial charge in [-0.1, -0.05) is 23.8 Å². The Bertz CT molecular complexity index is 1060. The van der Waals surface area contributed by atoms with Crippen LogP contribution in [0.25, 0.3) is 0 Å². The molecule has 9 nitrogen and oxygen atoms in total. The van der Waals surface area contributed by atoms with Gasteiger partial charge in [-0.25, -0.2) is 4.90 Å². The molecule has 2 fully saturated rings. The maximum absolute atomic E-state index is 13.4. The van der Waals surface area contributed by atoms with Crippen molar-refractivity contribution in [3.05, 3.63) is 69.8 Å². The van der Waals surface area contributed by atoms with Crippen molar-refractivity contribution in [1.82, 2.24) is 4.90 Å². The summed E-state index contributed by atoms with van der Waals surface area (Å²) in [6, 6.07) is 11.4. The molecule has 32 heavy (non-hydrogen) atoms. The molecule has 0 radical (unpaired) electrons. The zero-order valence-corrected chi connectivity index (χ0v) is 17.6. The number of nitrogens with zero attached hydrogens (tertiary/aromatic N) is 3. The van der Waals surface area contributed by atoms with Crippen LogP contribution in [0.2, 0.25) is 0 Å². The molecule has 0 saturated carbocycles. The topological polar surface area (TPSA) is 110 Å².